The van der Waals surface area contributed by atoms with E-state index in [1.165, 1.54) is 0 Å². The molecule has 7 nitrogen and oxygen atoms in total. The van der Waals surface area contributed by atoms with Crippen molar-refractivity contribution in [3.63, 3.8) is 0 Å². The molecule has 0 fully saturated rings. The fraction of sp³-hybridized carbons (Fsp3) is 0.500. The number of carbonyl (C=O) groups excluding carboxylic acids is 1. The average Bonchev–Trinajstić information content (AvgIpc) is 2.88. The molecule has 0 bridgehead atoms. The number of amides is 1. The van der Waals surface area contributed by atoms with E-state index in [0.717, 1.165) is 18.7 Å². The maximum absolute atomic E-state index is 12.4. The van der Waals surface area contributed by atoms with E-state index >= 15 is 0 Å². The van der Waals surface area contributed by atoms with Crippen molar-refractivity contribution in [2.75, 3.05) is 0 Å². The van der Waals surface area contributed by atoms with Gasteiger partial charge in [-0.1, -0.05) is 13.3 Å². The molecule has 2 N–H and O–H groups in total. The van der Waals surface area contributed by atoms with E-state index in [1.54, 1.807) is 20.0 Å². The third-order valence-electron chi connectivity index (χ3n) is 3.76. The van der Waals surface area contributed by atoms with Crippen molar-refractivity contribution in [2.24, 2.45) is 7.05 Å². The summed E-state index contributed by atoms with van der Waals surface area (Å²) >= 11 is 0. The van der Waals surface area contributed by atoms with Crippen molar-refractivity contribution in [3.8, 4) is 0 Å². The van der Waals surface area contributed by atoms with E-state index in [9.17, 15) is 9.59 Å². The summed E-state index contributed by atoms with van der Waals surface area (Å²) in [5.41, 5.74) is 0.739. The summed E-state index contributed by atoms with van der Waals surface area (Å²) in [6, 6.07) is -0.162. The first-order valence-electron chi connectivity index (χ1n) is 7.75. The first-order valence-corrected chi connectivity index (χ1v) is 7.75. The Bertz CT molecular complexity index is 747. The molecule has 124 valence electrons. The van der Waals surface area contributed by atoms with Gasteiger partial charge in [0.15, 0.2) is 0 Å². The molecular weight excluding hydrogens is 294 g/mol. The highest BCUT2D eigenvalue weighted by Crippen LogP contribution is 2.16. The number of nitrogens with one attached hydrogen (secondary N) is 2. The quantitative estimate of drug-likeness (QED) is 0.840. The average molecular weight is 317 g/mol. The number of rotatable bonds is 6. The third kappa shape index (κ3) is 4.06. The van der Waals surface area contributed by atoms with Gasteiger partial charge in [0.2, 0.25) is 5.91 Å². The van der Waals surface area contributed by atoms with Crippen LogP contribution in [0.2, 0.25) is 0 Å². The number of carbonyl (C=O) groups is 1. The van der Waals surface area contributed by atoms with Crippen LogP contribution in [0.4, 0.5) is 0 Å². The lowest BCUT2D eigenvalue weighted by Gasteiger charge is -2.18. The van der Waals surface area contributed by atoms with Crippen LogP contribution in [0.1, 0.15) is 48.7 Å². The normalized spacial score (nSPS) is 12.2. The number of nitrogens with zero attached hydrogens (tertiary/aromatic N) is 3. The van der Waals surface area contributed by atoms with Crippen molar-refractivity contribution in [2.45, 2.75) is 46.1 Å². The minimum atomic E-state index is -0.255. The van der Waals surface area contributed by atoms with E-state index in [1.807, 2.05) is 17.8 Å². The molecule has 0 saturated heterocycles. The molecule has 1 amide bonds. The number of hydrogen-bond donors (Lipinski definition) is 2. The van der Waals surface area contributed by atoms with Crippen LogP contribution >= 0.6 is 0 Å². The minimum absolute atomic E-state index is 0.0130. The molecule has 0 aliphatic rings. The molecule has 2 aromatic rings. The molecule has 0 radical (unpaired) electrons. The van der Waals surface area contributed by atoms with Crippen LogP contribution in [0.25, 0.3) is 0 Å². The Morgan fingerprint density at radius 3 is 2.74 bits per heavy atom. The Labute approximate surface area is 135 Å². The van der Waals surface area contributed by atoms with Gasteiger partial charge >= 0.3 is 0 Å². The highest BCUT2D eigenvalue weighted by molar-refractivity contribution is 5.79. The predicted molar refractivity (Wildman–Crippen MR) is 87.0 cm³/mol. The lowest BCUT2D eigenvalue weighted by molar-refractivity contribution is -0.121. The molecule has 2 aromatic heterocycles. The van der Waals surface area contributed by atoms with Gasteiger partial charge in [0, 0.05) is 30.7 Å². The van der Waals surface area contributed by atoms with Gasteiger partial charge < -0.3 is 14.9 Å². The summed E-state index contributed by atoms with van der Waals surface area (Å²) in [6.45, 7) is 5.52. The molecule has 0 spiro atoms. The second kappa shape index (κ2) is 7.21. The summed E-state index contributed by atoms with van der Waals surface area (Å²) in [7, 11) is 1.90. The SMILES string of the molecule is CCC[C@H](NC(=O)Cc1c(C)nc(C)[nH]c1=O)c1nccn1C. The van der Waals surface area contributed by atoms with Crippen LogP contribution in [0.3, 0.4) is 0 Å². The molecule has 0 saturated carbocycles. The first kappa shape index (κ1) is 16.9. The molecule has 0 aliphatic carbocycles. The van der Waals surface area contributed by atoms with E-state index in [-0.39, 0.29) is 23.9 Å². The molecular formula is C16H23N5O2. The van der Waals surface area contributed by atoms with Gasteiger partial charge in [-0.05, 0) is 20.3 Å². The van der Waals surface area contributed by atoms with Crippen molar-refractivity contribution in [1.29, 1.82) is 0 Å². The van der Waals surface area contributed by atoms with E-state index in [2.05, 4.69) is 27.2 Å². The Balaban J connectivity index is 2.14. The molecule has 0 unspecified atom stereocenters. The van der Waals surface area contributed by atoms with Crippen LogP contribution in [0, 0.1) is 13.8 Å². The fourth-order valence-corrected chi connectivity index (χ4v) is 2.63. The van der Waals surface area contributed by atoms with E-state index in [4.69, 9.17) is 0 Å². The molecule has 2 rings (SSSR count). The summed E-state index contributed by atoms with van der Waals surface area (Å²) in [4.78, 5) is 35.5. The topological polar surface area (TPSA) is 92.7 Å². The molecule has 2 heterocycles. The van der Waals surface area contributed by atoms with Crippen LogP contribution in [0.15, 0.2) is 17.2 Å². The molecule has 0 aromatic carbocycles. The van der Waals surface area contributed by atoms with Crippen molar-refractivity contribution < 1.29 is 4.79 Å². The highest BCUT2D eigenvalue weighted by atomic mass is 16.2. The number of aromatic amines is 1. The maximum Gasteiger partial charge on any atom is 0.254 e. The van der Waals surface area contributed by atoms with Gasteiger partial charge in [0.05, 0.1) is 12.5 Å². The maximum atomic E-state index is 12.4. The van der Waals surface area contributed by atoms with Crippen LogP contribution in [-0.2, 0) is 18.3 Å². The lowest BCUT2D eigenvalue weighted by atomic mass is 10.1. The Kier molecular flexibility index (Phi) is 5.31. The summed E-state index contributed by atoms with van der Waals surface area (Å²) in [6.07, 6.45) is 5.28. The number of aromatic nitrogens is 4. The van der Waals surface area contributed by atoms with Crippen molar-refractivity contribution in [3.05, 3.63) is 45.7 Å². The van der Waals surface area contributed by atoms with Crippen LogP contribution in [0.5, 0.6) is 0 Å². The largest absolute Gasteiger partial charge is 0.346 e. The number of H-pyrrole nitrogens is 1. The van der Waals surface area contributed by atoms with Gasteiger partial charge in [0.1, 0.15) is 11.6 Å². The molecule has 1 atom stereocenters. The fourth-order valence-electron chi connectivity index (χ4n) is 2.63. The second-order valence-electron chi connectivity index (χ2n) is 5.70. The smallest absolute Gasteiger partial charge is 0.254 e. The Morgan fingerprint density at radius 1 is 1.43 bits per heavy atom. The standard InChI is InChI=1S/C16H23N5O2/c1-5-6-13(15-17-7-8-21(15)4)20-14(22)9-12-10(2)18-11(3)19-16(12)23/h7-8,13H,5-6,9H2,1-4H3,(H,20,22)(H,18,19,23)/t13-/m0/s1. The zero-order valence-electron chi connectivity index (χ0n) is 14.0. The van der Waals surface area contributed by atoms with Gasteiger partial charge in [0.25, 0.3) is 5.56 Å². The monoisotopic (exact) mass is 317 g/mol. The Morgan fingerprint density at radius 2 is 2.17 bits per heavy atom. The first-order chi connectivity index (χ1) is 10.9. The highest BCUT2D eigenvalue weighted by Gasteiger charge is 2.19. The van der Waals surface area contributed by atoms with E-state index < -0.39 is 0 Å². The minimum Gasteiger partial charge on any atom is -0.346 e. The summed E-state index contributed by atoms with van der Waals surface area (Å²) < 4.78 is 1.89. The van der Waals surface area contributed by atoms with Gasteiger partial charge in [-0.2, -0.15) is 0 Å². The molecule has 0 aliphatic heterocycles. The molecule has 7 heteroatoms. The summed E-state index contributed by atoms with van der Waals surface area (Å²) in [5.74, 6) is 1.16. The van der Waals surface area contributed by atoms with Crippen molar-refractivity contribution >= 4 is 5.91 Å². The predicted octanol–water partition coefficient (Wildman–Crippen LogP) is 1.32. The number of aryl methyl sites for hydroxylation is 3. The molecule has 23 heavy (non-hydrogen) atoms. The zero-order valence-corrected chi connectivity index (χ0v) is 14.0. The van der Waals surface area contributed by atoms with Crippen molar-refractivity contribution in [1.82, 2.24) is 24.8 Å². The van der Waals surface area contributed by atoms with Gasteiger partial charge in [-0.3, -0.25) is 9.59 Å². The summed E-state index contributed by atoms with van der Waals surface area (Å²) in [5, 5.41) is 2.98. The van der Waals surface area contributed by atoms with E-state index in [0.29, 0.717) is 17.1 Å². The lowest BCUT2D eigenvalue weighted by Crippen LogP contribution is -2.33. The van der Waals surface area contributed by atoms with Crippen LogP contribution < -0.4 is 10.9 Å². The number of imidazole rings is 1. The van der Waals surface area contributed by atoms with Gasteiger partial charge in [-0.15, -0.1) is 0 Å². The second-order valence-corrected chi connectivity index (χ2v) is 5.70. The van der Waals surface area contributed by atoms with Gasteiger partial charge in [-0.25, -0.2) is 9.97 Å². The number of hydrogen-bond acceptors (Lipinski definition) is 4. The zero-order chi connectivity index (χ0) is 17.0. The van der Waals surface area contributed by atoms with Crippen LogP contribution in [-0.4, -0.2) is 25.4 Å². The third-order valence-corrected chi connectivity index (χ3v) is 3.76. The Hall–Kier alpha value is -2.44.